The van der Waals surface area contributed by atoms with Crippen LogP contribution in [0.3, 0.4) is 0 Å². The SMILES string of the molecule is CCc1nc2n(n1)CCC[C@@H]2Nc1nc(C(C)C)ns1. The van der Waals surface area contributed by atoms with Crippen LogP contribution in [0.2, 0.25) is 0 Å². The lowest BCUT2D eigenvalue weighted by molar-refractivity contribution is 0.437. The third kappa shape index (κ3) is 2.54. The zero-order chi connectivity index (χ0) is 14.1. The Morgan fingerprint density at radius 1 is 1.40 bits per heavy atom. The van der Waals surface area contributed by atoms with Crippen molar-refractivity contribution in [1.82, 2.24) is 24.1 Å². The van der Waals surface area contributed by atoms with Gasteiger partial charge in [-0.1, -0.05) is 20.8 Å². The smallest absolute Gasteiger partial charge is 0.203 e. The van der Waals surface area contributed by atoms with Crippen molar-refractivity contribution in [3.05, 3.63) is 17.5 Å². The highest BCUT2D eigenvalue weighted by molar-refractivity contribution is 7.09. The Hall–Kier alpha value is -1.50. The second-order valence-electron chi connectivity index (χ2n) is 5.41. The minimum absolute atomic E-state index is 0.199. The van der Waals surface area contributed by atoms with Crippen molar-refractivity contribution < 1.29 is 0 Å². The molecule has 20 heavy (non-hydrogen) atoms. The van der Waals surface area contributed by atoms with Gasteiger partial charge in [-0.15, -0.1) is 0 Å². The summed E-state index contributed by atoms with van der Waals surface area (Å²) < 4.78 is 6.42. The van der Waals surface area contributed by atoms with E-state index in [0.29, 0.717) is 5.92 Å². The quantitative estimate of drug-likeness (QED) is 0.938. The molecule has 0 radical (unpaired) electrons. The minimum atomic E-state index is 0.199. The normalized spacial score (nSPS) is 18.3. The summed E-state index contributed by atoms with van der Waals surface area (Å²) in [5.74, 6) is 3.23. The fraction of sp³-hybridized carbons (Fsp3) is 0.692. The molecule has 108 valence electrons. The monoisotopic (exact) mass is 292 g/mol. The average molecular weight is 292 g/mol. The Balaban J connectivity index is 1.79. The topological polar surface area (TPSA) is 68.5 Å². The first-order valence-electron chi connectivity index (χ1n) is 7.21. The standard InChI is InChI=1S/C13H20N6S/c1-4-10-15-12-9(6-5-7-19(12)17-10)14-13-16-11(8(2)3)18-20-13/h8-9H,4-7H2,1-3H3,(H,14,16,18)/t9-/m0/s1. The maximum Gasteiger partial charge on any atom is 0.203 e. The van der Waals surface area contributed by atoms with Crippen molar-refractivity contribution in [1.29, 1.82) is 0 Å². The molecule has 2 aromatic rings. The lowest BCUT2D eigenvalue weighted by Crippen LogP contribution is -2.22. The maximum atomic E-state index is 4.63. The Labute approximate surface area is 122 Å². The van der Waals surface area contributed by atoms with Gasteiger partial charge < -0.3 is 5.32 Å². The highest BCUT2D eigenvalue weighted by Crippen LogP contribution is 2.28. The summed E-state index contributed by atoms with van der Waals surface area (Å²) in [6.07, 6.45) is 3.06. The van der Waals surface area contributed by atoms with Gasteiger partial charge in [-0.2, -0.15) is 9.47 Å². The zero-order valence-corrected chi connectivity index (χ0v) is 12.9. The van der Waals surface area contributed by atoms with Crippen LogP contribution in [0.1, 0.15) is 63.0 Å². The van der Waals surface area contributed by atoms with Gasteiger partial charge in [-0.25, -0.2) is 14.6 Å². The molecule has 1 aliphatic rings. The summed E-state index contributed by atoms with van der Waals surface area (Å²) in [5.41, 5.74) is 0. The Morgan fingerprint density at radius 3 is 2.95 bits per heavy atom. The van der Waals surface area contributed by atoms with Crippen molar-refractivity contribution in [3.8, 4) is 0 Å². The Kier molecular flexibility index (Phi) is 3.69. The van der Waals surface area contributed by atoms with Crippen LogP contribution < -0.4 is 5.32 Å². The van der Waals surface area contributed by atoms with Crippen LogP contribution in [-0.2, 0) is 13.0 Å². The van der Waals surface area contributed by atoms with Crippen LogP contribution in [0.4, 0.5) is 5.13 Å². The van der Waals surface area contributed by atoms with Crippen LogP contribution in [0.15, 0.2) is 0 Å². The first-order valence-corrected chi connectivity index (χ1v) is 7.98. The minimum Gasteiger partial charge on any atom is -0.350 e. The first kappa shape index (κ1) is 13.5. The van der Waals surface area contributed by atoms with Gasteiger partial charge >= 0.3 is 0 Å². The summed E-state index contributed by atoms with van der Waals surface area (Å²) in [5, 5.41) is 8.88. The van der Waals surface area contributed by atoms with E-state index in [4.69, 9.17) is 0 Å². The van der Waals surface area contributed by atoms with Gasteiger partial charge in [0.25, 0.3) is 0 Å². The number of rotatable bonds is 4. The van der Waals surface area contributed by atoms with Crippen LogP contribution in [0, 0.1) is 0 Å². The second kappa shape index (κ2) is 5.47. The molecular formula is C13H20N6S. The van der Waals surface area contributed by atoms with Gasteiger partial charge in [-0.3, -0.25) is 0 Å². The van der Waals surface area contributed by atoms with Crippen molar-refractivity contribution in [2.45, 2.75) is 58.5 Å². The predicted molar refractivity (Wildman–Crippen MR) is 79.0 cm³/mol. The highest BCUT2D eigenvalue weighted by Gasteiger charge is 2.25. The fourth-order valence-electron chi connectivity index (χ4n) is 2.36. The van der Waals surface area contributed by atoms with E-state index in [2.05, 4.69) is 45.5 Å². The molecule has 0 aromatic carbocycles. The summed E-state index contributed by atoms with van der Waals surface area (Å²) >= 11 is 1.43. The van der Waals surface area contributed by atoms with Gasteiger partial charge in [0, 0.05) is 30.4 Å². The molecular weight excluding hydrogens is 272 g/mol. The second-order valence-corrected chi connectivity index (χ2v) is 6.17. The molecule has 1 N–H and O–H groups in total. The molecule has 0 amide bonds. The lowest BCUT2D eigenvalue weighted by Gasteiger charge is -2.22. The summed E-state index contributed by atoms with van der Waals surface area (Å²) in [6, 6.07) is 0.199. The van der Waals surface area contributed by atoms with Crippen molar-refractivity contribution in [2.24, 2.45) is 0 Å². The van der Waals surface area contributed by atoms with Crippen LogP contribution >= 0.6 is 11.5 Å². The molecule has 1 aliphatic heterocycles. The number of hydrogen-bond acceptors (Lipinski definition) is 6. The number of nitrogens with zero attached hydrogens (tertiary/aromatic N) is 5. The molecule has 0 spiro atoms. The van der Waals surface area contributed by atoms with Gasteiger partial charge in [0.2, 0.25) is 5.13 Å². The van der Waals surface area contributed by atoms with E-state index in [0.717, 1.165) is 48.4 Å². The predicted octanol–water partition coefficient (Wildman–Crippen LogP) is 2.76. The molecule has 1 atom stereocenters. The average Bonchev–Trinajstić information content (AvgIpc) is 3.05. The number of anilines is 1. The van der Waals surface area contributed by atoms with Crippen molar-refractivity contribution in [3.63, 3.8) is 0 Å². The summed E-state index contributed by atoms with van der Waals surface area (Å²) in [4.78, 5) is 9.18. The van der Waals surface area contributed by atoms with E-state index in [1.54, 1.807) is 0 Å². The fourth-order valence-corrected chi connectivity index (χ4v) is 3.12. The molecule has 0 aliphatic carbocycles. The van der Waals surface area contributed by atoms with Crippen LogP contribution in [-0.4, -0.2) is 24.1 Å². The third-order valence-corrected chi connectivity index (χ3v) is 4.15. The molecule has 0 bridgehead atoms. The molecule has 7 heteroatoms. The van der Waals surface area contributed by atoms with E-state index in [9.17, 15) is 0 Å². The molecule has 3 rings (SSSR count). The highest BCUT2D eigenvalue weighted by atomic mass is 32.1. The molecule has 6 nitrogen and oxygen atoms in total. The molecule has 2 aromatic heterocycles. The van der Waals surface area contributed by atoms with Gasteiger partial charge in [0.15, 0.2) is 5.82 Å². The largest absolute Gasteiger partial charge is 0.350 e. The third-order valence-electron chi connectivity index (χ3n) is 3.49. The molecule has 0 unspecified atom stereocenters. The van der Waals surface area contributed by atoms with E-state index in [-0.39, 0.29) is 6.04 Å². The van der Waals surface area contributed by atoms with Gasteiger partial charge in [-0.05, 0) is 12.8 Å². The zero-order valence-electron chi connectivity index (χ0n) is 12.1. The van der Waals surface area contributed by atoms with Gasteiger partial charge in [0.1, 0.15) is 11.6 Å². The molecule has 0 fully saturated rings. The van der Waals surface area contributed by atoms with Crippen LogP contribution in [0.5, 0.6) is 0 Å². The first-order chi connectivity index (χ1) is 9.67. The lowest BCUT2D eigenvalue weighted by atomic mass is 10.1. The van der Waals surface area contributed by atoms with Crippen molar-refractivity contribution in [2.75, 3.05) is 5.32 Å². The van der Waals surface area contributed by atoms with E-state index < -0.39 is 0 Å². The number of fused-ring (bicyclic) bond motifs is 1. The molecule has 3 heterocycles. The summed E-state index contributed by atoms with van der Waals surface area (Å²) in [7, 11) is 0. The van der Waals surface area contributed by atoms with Gasteiger partial charge in [0.05, 0.1) is 6.04 Å². The molecule has 0 saturated heterocycles. The van der Waals surface area contributed by atoms with E-state index in [1.165, 1.54) is 11.5 Å². The van der Waals surface area contributed by atoms with Crippen molar-refractivity contribution >= 4 is 16.7 Å². The Bertz CT molecular complexity index is 587. The van der Waals surface area contributed by atoms with Crippen LogP contribution in [0.25, 0.3) is 0 Å². The van der Waals surface area contributed by atoms with E-state index >= 15 is 0 Å². The maximum absolute atomic E-state index is 4.63. The number of hydrogen-bond donors (Lipinski definition) is 1. The number of aromatic nitrogens is 5. The van der Waals surface area contributed by atoms with E-state index in [1.807, 2.05) is 4.68 Å². The number of aryl methyl sites for hydroxylation is 2. The number of nitrogens with one attached hydrogen (secondary N) is 1. The Morgan fingerprint density at radius 2 is 2.25 bits per heavy atom. The molecule has 0 saturated carbocycles. The summed E-state index contributed by atoms with van der Waals surface area (Å²) in [6.45, 7) is 7.27.